The minimum absolute atomic E-state index is 0.580. The van der Waals surface area contributed by atoms with E-state index in [4.69, 9.17) is 19.4 Å². The largest absolute Gasteiger partial charge is 0.456 e. The fourth-order valence-electron chi connectivity index (χ4n) is 9.17. The zero-order valence-corrected chi connectivity index (χ0v) is 33.4. The summed E-state index contributed by atoms with van der Waals surface area (Å²) in [6.45, 7) is 0. The summed E-state index contributed by atoms with van der Waals surface area (Å²) in [4.78, 5) is 16.1. The molecule has 0 bridgehead atoms. The van der Waals surface area contributed by atoms with Crippen LogP contribution in [0.25, 0.3) is 126 Å². The van der Waals surface area contributed by atoms with Gasteiger partial charge in [-0.1, -0.05) is 133 Å². The summed E-state index contributed by atoms with van der Waals surface area (Å²) in [6, 6.07) is 68.5. The smallest absolute Gasteiger partial charge is 0.166 e. The van der Waals surface area contributed by atoms with E-state index in [9.17, 15) is 0 Å². The molecule has 0 aliphatic heterocycles. The molecule has 0 atom stereocenters. The minimum atomic E-state index is 0.580. The predicted octanol–water partition coefficient (Wildman–Crippen LogP) is 15.1. The SMILES string of the molecule is c1ccc(-c2ccc(-c3nc(-c4ccc5sc6ccccc6c5c4)nc(-c4ccc5oc6ccccc6c5c4-n4c5ccccc5c5cc6ccccc6cc54)n3)cc2)cc1. The van der Waals surface area contributed by atoms with Crippen molar-refractivity contribution < 1.29 is 4.42 Å². The van der Waals surface area contributed by atoms with E-state index in [0.717, 1.165) is 66.5 Å². The Hall–Kier alpha value is -7.93. The van der Waals surface area contributed by atoms with Gasteiger partial charge in [0.2, 0.25) is 0 Å². The molecule has 9 aromatic carbocycles. The number of hydrogen-bond acceptors (Lipinski definition) is 5. The third-order valence-electron chi connectivity index (χ3n) is 12.0. The molecule has 61 heavy (non-hydrogen) atoms. The third-order valence-corrected chi connectivity index (χ3v) is 13.2. The molecule has 0 aliphatic rings. The molecule has 4 heterocycles. The van der Waals surface area contributed by atoms with Gasteiger partial charge in [-0.05, 0) is 82.6 Å². The van der Waals surface area contributed by atoms with Crippen LogP contribution >= 0.6 is 11.3 Å². The van der Waals surface area contributed by atoms with Crippen LogP contribution in [0.2, 0.25) is 0 Å². The van der Waals surface area contributed by atoms with Crippen LogP contribution in [0.4, 0.5) is 0 Å². The first-order valence-electron chi connectivity index (χ1n) is 20.4. The summed E-state index contributed by atoms with van der Waals surface area (Å²) in [5, 5.41) is 9.18. The summed E-state index contributed by atoms with van der Waals surface area (Å²) < 4.78 is 11.5. The number of furan rings is 1. The second kappa shape index (κ2) is 13.3. The standard InChI is InChI=1S/C55H32N4OS/c1-2-12-33(13-3-1)34-22-24-35(25-23-34)53-56-54(38-26-29-50-44(31-38)40-17-8-11-21-49(40)61-50)58-55(57-53)42-27-28-48-51(41-18-7-10-20-47(41)60-48)52(42)59-45-19-9-6-16-39(45)43-30-36-14-4-5-15-37(36)32-46(43)59/h1-32H. The van der Waals surface area contributed by atoms with Gasteiger partial charge in [0.25, 0.3) is 0 Å². The summed E-state index contributed by atoms with van der Waals surface area (Å²) in [5.41, 5.74) is 9.79. The third kappa shape index (κ3) is 5.36. The highest BCUT2D eigenvalue weighted by Crippen LogP contribution is 2.44. The van der Waals surface area contributed by atoms with Crippen molar-refractivity contribution in [1.29, 1.82) is 0 Å². The Labute approximate surface area is 353 Å². The van der Waals surface area contributed by atoms with Gasteiger partial charge in [0.15, 0.2) is 17.5 Å². The molecule has 0 N–H and O–H groups in total. The van der Waals surface area contributed by atoms with E-state index >= 15 is 0 Å². The first-order valence-corrected chi connectivity index (χ1v) is 21.2. The van der Waals surface area contributed by atoms with Gasteiger partial charge in [0.1, 0.15) is 11.2 Å². The van der Waals surface area contributed by atoms with E-state index in [1.165, 1.54) is 41.7 Å². The Kier molecular flexibility index (Phi) is 7.41. The van der Waals surface area contributed by atoms with Gasteiger partial charge < -0.3 is 8.98 Å². The van der Waals surface area contributed by atoms with E-state index < -0.39 is 0 Å². The maximum absolute atomic E-state index is 6.61. The first kappa shape index (κ1) is 34.0. The van der Waals surface area contributed by atoms with Crippen LogP contribution in [0.5, 0.6) is 0 Å². The molecule has 0 fully saturated rings. The van der Waals surface area contributed by atoms with Crippen molar-refractivity contribution in [3.63, 3.8) is 0 Å². The molecular formula is C55H32N4OS. The lowest BCUT2D eigenvalue weighted by molar-refractivity contribution is 0.669. The fraction of sp³-hybridized carbons (Fsp3) is 0. The summed E-state index contributed by atoms with van der Waals surface area (Å²) in [7, 11) is 0. The quantitative estimate of drug-likeness (QED) is 0.174. The fourth-order valence-corrected chi connectivity index (χ4v) is 10.3. The lowest BCUT2D eigenvalue weighted by Gasteiger charge is -2.16. The molecular weight excluding hydrogens is 765 g/mol. The van der Waals surface area contributed by atoms with E-state index in [0.29, 0.717) is 17.5 Å². The number of hydrogen-bond donors (Lipinski definition) is 0. The molecule has 6 heteroatoms. The molecule has 0 spiro atoms. The Morgan fingerprint density at radius 2 is 1.00 bits per heavy atom. The number of para-hydroxylation sites is 2. The van der Waals surface area contributed by atoms with Gasteiger partial charge in [-0.25, -0.2) is 15.0 Å². The average molecular weight is 797 g/mol. The van der Waals surface area contributed by atoms with Crippen LogP contribution in [0.3, 0.4) is 0 Å². The van der Waals surface area contributed by atoms with Gasteiger partial charge in [-0.3, -0.25) is 0 Å². The van der Waals surface area contributed by atoms with Crippen LogP contribution < -0.4 is 0 Å². The Morgan fingerprint density at radius 1 is 0.377 bits per heavy atom. The van der Waals surface area contributed by atoms with Gasteiger partial charge in [-0.2, -0.15) is 0 Å². The van der Waals surface area contributed by atoms with Crippen LogP contribution in [-0.4, -0.2) is 19.5 Å². The number of benzene rings is 9. The molecule has 0 aliphatic carbocycles. The number of nitrogens with zero attached hydrogens (tertiary/aromatic N) is 4. The molecule has 4 aromatic heterocycles. The van der Waals surface area contributed by atoms with Crippen molar-refractivity contribution >= 4 is 86.0 Å². The van der Waals surface area contributed by atoms with E-state index in [1.807, 2.05) is 18.2 Å². The van der Waals surface area contributed by atoms with Crippen LogP contribution in [0, 0.1) is 0 Å². The molecule has 284 valence electrons. The molecule has 13 aromatic rings. The van der Waals surface area contributed by atoms with Crippen molar-refractivity contribution in [2.45, 2.75) is 0 Å². The molecule has 13 rings (SSSR count). The molecule has 5 nitrogen and oxygen atoms in total. The highest BCUT2D eigenvalue weighted by molar-refractivity contribution is 7.25. The Bertz CT molecular complexity index is 3880. The highest BCUT2D eigenvalue weighted by Gasteiger charge is 2.25. The van der Waals surface area contributed by atoms with Gasteiger partial charge in [0, 0.05) is 53.0 Å². The topological polar surface area (TPSA) is 56.7 Å². The number of fused-ring (bicyclic) bond motifs is 10. The summed E-state index contributed by atoms with van der Waals surface area (Å²) >= 11 is 1.81. The predicted molar refractivity (Wildman–Crippen MR) is 254 cm³/mol. The monoisotopic (exact) mass is 796 g/mol. The van der Waals surface area contributed by atoms with Gasteiger partial charge in [-0.15, -0.1) is 11.3 Å². The van der Waals surface area contributed by atoms with Crippen LogP contribution in [0.1, 0.15) is 0 Å². The molecule has 0 radical (unpaired) electrons. The van der Waals surface area contributed by atoms with Crippen molar-refractivity contribution in [1.82, 2.24) is 19.5 Å². The number of thiophene rings is 1. The van der Waals surface area contributed by atoms with E-state index in [-0.39, 0.29) is 0 Å². The second-order valence-corrected chi connectivity index (χ2v) is 16.6. The first-order chi connectivity index (χ1) is 30.2. The molecule has 0 unspecified atom stereocenters. The van der Waals surface area contributed by atoms with Crippen molar-refractivity contribution in [3.8, 4) is 51.0 Å². The molecule has 0 saturated heterocycles. The summed E-state index contributed by atoms with van der Waals surface area (Å²) in [5.74, 6) is 1.79. The van der Waals surface area contributed by atoms with E-state index in [1.54, 1.807) is 11.3 Å². The van der Waals surface area contributed by atoms with Crippen LogP contribution in [-0.2, 0) is 0 Å². The average Bonchev–Trinajstić information content (AvgIpc) is 4.00. The minimum Gasteiger partial charge on any atom is -0.456 e. The van der Waals surface area contributed by atoms with E-state index in [2.05, 4.69) is 180 Å². The molecule has 0 amide bonds. The normalized spacial score (nSPS) is 11.9. The summed E-state index contributed by atoms with van der Waals surface area (Å²) in [6.07, 6.45) is 0. The second-order valence-electron chi connectivity index (χ2n) is 15.6. The van der Waals surface area contributed by atoms with Crippen molar-refractivity contribution in [3.05, 3.63) is 194 Å². The molecule has 0 saturated carbocycles. The Balaban J connectivity index is 1.12. The maximum Gasteiger partial charge on any atom is 0.166 e. The van der Waals surface area contributed by atoms with Crippen molar-refractivity contribution in [2.75, 3.05) is 0 Å². The number of rotatable bonds is 5. The Morgan fingerprint density at radius 3 is 1.85 bits per heavy atom. The van der Waals surface area contributed by atoms with Gasteiger partial charge in [0.05, 0.1) is 22.1 Å². The highest BCUT2D eigenvalue weighted by atomic mass is 32.1. The lowest BCUT2D eigenvalue weighted by atomic mass is 10.0. The lowest BCUT2D eigenvalue weighted by Crippen LogP contribution is -2.04. The van der Waals surface area contributed by atoms with Gasteiger partial charge >= 0.3 is 0 Å². The number of aromatic nitrogens is 4. The van der Waals surface area contributed by atoms with Crippen molar-refractivity contribution in [2.24, 2.45) is 0 Å². The zero-order chi connectivity index (χ0) is 40.0. The van der Waals surface area contributed by atoms with Crippen LogP contribution in [0.15, 0.2) is 199 Å². The maximum atomic E-state index is 6.61. The zero-order valence-electron chi connectivity index (χ0n) is 32.6.